The largest absolute Gasteiger partial charge is 0.495 e. The topological polar surface area (TPSA) is 63.6 Å². The van der Waals surface area contributed by atoms with Crippen molar-refractivity contribution in [2.45, 2.75) is 0 Å². The molecule has 0 aliphatic heterocycles. The van der Waals surface area contributed by atoms with Crippen molar-refractivity contribution in [2.24, 2.45) is 0 Å². The summed E-state index contributed by atoms with van der Waals surface area (Å²) >= 11 is 3.12. The van der Waals surface area contributed by atoms with Gasteiger partial charge in [0.2, 0.25) is 0 Å². The van der Waals surface area contributed by atoms with Crippen LogP contribution in [0.2, 0.25) is 0 Å². The Morgan fingerprint density at radius 3 is 2.64 bits per heavy atom. The van der Waals surface area contributed by atoms with Gasteiger partial charge in [-0.2, -0.15) is 0 Å². The van der Waals surface area contributed by atoms with Gasteiger partial charge in [-0.3, -0.25) is 4.79 Å². The third-order valence-corrected chi connectivity index (χ3v) is 2.24. The Labute approximate surface area is 88.6 Å². The van der Waals surface area contributed by atoms with E-state index < -0.39 is 5.97 Å². The Balaban J connectivity index is 3.38. The van der Waals surface area contributed by atoms with Crippen molar-refractivity contribution in [3.05, 3.63) is 27.7 Å². The number of hydrogen-bond donors (Lipinski definition) is 1. The molecule has 0 aliphatic rings. The highest BCUT2D eigenvalue weighted by atomic mass is 79.9. The van der Waals surface area contributed by atoms with E-state index in [4.69, 9.17) is 9.84 Å². The number of halogens is 1. The quantitative estimate of drug-likeness (QED) is 0.843. The lowest BCUT2D eigenvalue weighted by atomic mass is 10.1. The van der Waals surface area contributed by atoms with Crippen LogP contribution in [0.25, 0.3) is 0 Å². The Morgan fingerprint density at radius 1 is 1.57 bits per heavy atom. The number of ether oxygens (including phenoxy) is 1. The minimum absolute atomic E-state index is 0.0415. The Morgan fingerprint density at radius 2 is 2.21 bits per heavy atom. The molecule has 0 radical (unpaired) electrons. The summed E-state index contributed by atoms with van der Waals surface area (Å²) in [6.07, 6.45) is 0.552. The van der Waals surface area contributed by atoms with Gasteiger partial charge in [-0.15, -0.1) is 0 Å². The summed E-state index contributed by atoms with van der Waals surface area (Å²) in [6, 6.07) is 2.65. The molecular weight excluding hydrogens is 252 g/mol. The molecule has 1 N–H and O–H groups in total. The van der Waals surface area contributed by atoms with Crippen LogP contribution in [0.5, 0.6) is 5.75 Å². The molecule has 0 atom stereocenters. The second-order valence-electron chi connectivity index (χ2n) is 2.50. The highest BCUT2D eigenvalue weighted by Crippen LogP contribution is 2.29. The van der Waals surface area contributed by atoms with Gasteiger partial charge in [-0.1, -0.05) is 0 Å². The molecule has 0 unspecified atom stereocenters. The average Bonchev–Trinajstić information content (AvgIpc) is 2.16. The van der Waals surface area contributed by atoms with E-state index in [0.29, 0.717) is 16.5 Å². The van der Waals surface area contributed by atoms with Gasteiger partial charge in [-0.05, 0) is 28.1 Å². The third-order valence-electron chi connectivity index (χ3n) is 1.65. The van der Waals surface area contributed by atoms with Gasteiger partial charge in [0.05, 0.1) is 22.7 Å². The van der Waals surface area contributed by atoms with Crippen LogP contribution in [0.1, 0.15) is 20.7 Å². The average molecular weight is 259 g/mol. The van der Waals surface area contributed by atoms with Gasteiger partial charge in [0, 0.05) is 0 Å². The Hall–Kier alpha value is -1.36. The number of hydrogen-bond acceptors (Lipinski definition) is 3. The van der Waals surface area contributed by atoms with Crippen molar-refractivity contribution < 1.29 is 19.4 Å². The van der Waals surface area contributed by atoms with Gasteiger partial charge in [0.1, 0.15) is 5.75 Å². The SMILES string of the molecule is COc1c(Br)cc(C(=O)O)cc1C=O. The van der Waals surface area contributed by atoms with E-state index in [9.17, 15) is 9.59 Å². The number of carbonyl (C=O) groups is 2. The molecule has 74 valence electrons. The van der Waals surface area contributed by atoms with Crippen molar-refractivity contribution in [3.8, 4) is 5.75 Å². The van der Waals surface area contributed by atoms with Crippen LogP contribution in [0, 0.1) is 0 Å². The lowest BCUT2D eigenvalue weighted by Crippen LogP contribution is -2.00. The van der Waals surface area contributed by atoms with Gasteiger partial charge < -0.3 is 9.84 Å². The molecule has 0 fully saturated rings. The normalized spacial score (nSPS) is 9.57. The second kappa shape index (κ2) is 4.23. The predicted octanol–water partition coefficient (Wildman–Crippen LogP) is 1.97. The maximum Gasteiger partial charge on any atom is 0.335 e. The molecule has 5 heteroatoms. The number of aldehydes is 1. The molecule has 0 aromatic heterocycles. The molecular formula is C9H7BrO4. The zero-order valence-corrected chi connectivity index (χ0v) is 8.87. The number of benzene rings is 1. The second-order valence-corrected chi connectivity index (χ2v) is 3.36. The molecule has 14 heavy (non-hydrogen) atoms. The molecule has 0 saturated heterocycles. The van der Waals surface area contributed by atoms with Gasteiger partial charge >= 0.3 is 5.97 Å². The number of rotatable bonds is 3. The lowest BCUT2D eigenvalue weighted by Gasteiger charge is -2.06. The summed E-state index contributed by atoms with van der Waals surface area (Å²) in [5.74, 6) is -0.749. The fraction of sp³-hybridized carbons (Fsp3) is 0.111. The standard InChI is InChI=1S/C9H7BrO4/c1-14-8-6(4-11)2-5(9(12)13)3-7(8)10/h2-4H,1H3,(H,12,13). The smallest absolute Gasteiger partial charge is 0.335 e. The molecule has 0 amide bonds. The first kappa shape index (κ1) is 10.7. The molecule has 0 bridgehead atoms. The van der Waals surface area contributed by atoms with Crippen LogP contribution < -0.4 is 4.74 Å². The lowest BCUT2D eigenvalue weighted by molar-refractivity contribution is 0.0696. The monoisotopic (exact) mass is 258 g/mol. The molecule has 0 saturated carbocycles. The van der Waals surface area contributed by atoms with Crippen LogP contribution in [0.4, 0.5) is 0 Å². The van der Waals surface area contributed by atoms with Crippen molar-refractivity contribution in [2.75, 3.05) is 7.11 Å². The summed E-state index contributed by atoms with van der Waals surface area (Å²) in [5.41, 5.74) is 0.249. The summed E-state index contributed by atoms with van der Waals surface area (Å²) in [7, 11) is 1.41. The summed E-state index contributed by atoms with van der Waals surface area (Å²) in [6.45, 7) is 0. The van der Waals surface area contributed by atoms with E-state index in [1.54, 1.807) is 0 Å². The van der Waals surface area contributed by atoms with Gasteiger partial charge in [0.25, 0.3) is 0 Å². The third kappa shape index (κ3) is 1.93. The Bertz CT molecular complexity index is 387. The number of carbonyl (C=O) groups excluding carboxylic acids is 1. The fourth-order valence-electron chi connectivity index (χ4n) is 1.04. The molecule has 4 nitrogen and oxygen atoms in total. The van der Waals surface area contributed by atoms with Crippen LogP contribution in [0.15, 0.2) is 16.6 Å². The fourth-order valence-corrected chi connectivity index (χ4v) is 1.68. The first-order chi connectivity index (χ1) is 6.60. The maximum atomic E-state index is 10.6. The zero-order chi connectivity index (χ0) is 10.7. The summed E-state index contributed by atoms with van der Waals surface area (Å²) in [5, 5.41) is 8.72. The van der Waals surface area contributed by atoms with E-state index >= 15 is 0 Å². The first-order valence-corrected chi connectivity index (χ1v) is 4.45. The van der Waals surface area contributed by atoms with E-state index in [2.05, 4.69) is 15.9 Å². The van der Waals surface area contributed by atoms with Crippen molar-refractivity contribution >= 4 is 28.2 Å². The molecule has 0 spiro atoms. The van der Waals surface area contributed by atoms with Crippen molar-refractivity contribution in [1.82, 2.24) is 0 Å². The molecule has 1 aromatic carbocycles. The first-order valence-electron chi connectivity index (χ1n) is 3.66. The minimum Gasteiger partial charge on any atom is -0.495 e. The molecule has 1 aromatic rings. The van der Waals surface area contributed by atoms with E-state index in [1.165, 1.54) is 19.2 Å². The van der Waals surface area contributed by atoms with Gasteiger partial charge in [-0.25, -0.2) is 4.79 Å². The number of aromatic carboxylic acids is 1. The van der Waals surface area contributed by atoms with Crippen LogP contribution in [-0.4, -0.2) is 24.5 Å². The molecule has 0 aliphatic carbocycles. The van der Waals surface area contributed by atoms with E-state index in [-0.39, 0.29) is 11.1 Å². The van der Waals surface area contributed by atoms with Crippen LogP contribution >= 0.6 is 15.9 Å². The van der Waals surface area contributed by atoms with Crippen LogP contribution in [0.3, 0.4) is 0 Å². The zero-order valence-electron chi connectivity index (χ0n) is 7.28. The maximum absolute atomic E-state index is 10.6. The van der Waals surface area contributed by atoms with E-state index in [0.717, 1.165) is 0 Å². The summed E-state index contributed by atoms with van der Waals surface area (Å²) in [4.78, 5) is 21.3. The van der Waals surface area contributed by atoms with Crippen molar-refractivity contribution in [3.63, 3.8) is 0 Å². The van der Waals surface area contributed by atoms with Crippen molar-refractivity contribution in [1.29, 1.82) is 0 Å². The summed E-state index contributed by atoms with van der Waals surface area (Å²) < 4.78 is 5.38. The molecule has 0 heterocycles. The highest BCUT2D eigenvalue weighted by Gasteiger charge is 2.12. The number of carboxylic acid groups (broad SMARTS) is 1. The highest BCUT2D eigenvalue weighted by molar-refractivity contribution is 9.10. The molecule has 1 rings (SSSR count). The van der Waals surface area contributed by atoms with Gasteiger partial charge in [0.15, 0.2) is 6.29 Å². The van der Waals surface area contributed by atoms with E-state index in [1.807, 2.05) is 0 Å². The predicted molar refractivity (Wildman–Crippen MR) is 53.0 cm³/mol. The van der Waals surface area contributed by atoms with Crippen LogP contribution in [-0.2, 0) is 0 Å². The minimum atomic E-state index is -1.09. The number of carboxylic acids is 1. The Kier molecular flexibility index (Phi) is 3.24. The number of methoxy groups -OCH3 is 1.